The summed E-state index contributed by atoms with van der Waals surface area (Å²) in [7, 11) is 2.58. The SMILES string of the molecule is CCCCCCCCCCc1ccc(N2COCC(C(=O)OC)=C2C(=O)OC)cc1. The van der Waals surface area contributed by atoms with Gasteiger partial charge in [0.1, 0.15) is 12.4 Å². The first-order chi connectivity index (χ1) is 14.6. The quantitative estimate of drug-likeness (QED) is 0.361. The predicted molar refractivity (Wildman–Crippen MR) is 117 cm³/mol. The summed E-state index contributed by atoms with van der Waals surface area (Å²) in [5.74, 6) is -1.17. The second kappa shape index (κ2) is 13.1. The van der Waals surface area contributed by atoms with E-state index in [9.17, 15) is 9.59 Å². The van der Waals surface area contributed by atoms with Gasteiger partial charge in [-0.15, -0.1) is 0 Å². The molecule has 1 aromatic carbocycles. The molecule has 0 amide bonds. The van der Waals surface area contributed by atoms with E-state index in [-0.39, 0.29) is 24.6 Å². The summed E-state index contributed by atoms with van der Waals surface area (Å²) in [4.78, 5) is 26.1. The Kier molecular flexibility index (Phi) is 10.4. The van der Waals surface area contributed by atoms with Crippen LogP contribution < -0.4 is 4.90 Å². The van der Waals surface area contributed by atoms with Crippen LogP contribution in [0.2, 0.25) is 0 Å². The first-order valence-electron chi connectivity index (χ1n) is 11.0. The molecule has 0 saturated heterocycles. The highest BCUT2D eigenvalue weighted by molar-refractivity contribution is 6.03. The van der Waals surface area contributed by atoms with Gasteiger partial charge in [0.2, 0.25) is 0 Å². The van der Waals surface area contributed by atoms with Crippen molar-refractivity contribution in [2.75, 3.05) is 32.5 Å². The number of carbonyl (C=O) groups is 2. The number of unbranched alkanes of at least 4 members (excludes halogenated alkanes) is 7. The number of hydrogen-bond donors (Lipinski definition) is 0. The average molecular weight is 418 g/mol. The van der Waals surface area contributed by atoms with Crippen LogP contribution in [0.4, 0.5) is 5.69 Å². The van der Waals surface area contributed by atoms with Crippen LogP contribution in [0, 0.1) is 0 Å². The van der Waals surface area contributed by atoms with Gasteiger partial charge in [-0.25, -0.2) is 9.59 Å². The van der Waals surface area contributed by atoms with E-state index in [1.54, 1.807) is 4.90 Å². The highest BCUT2D eigenvalue weighted by Gasteiger charge is 2.32. The number of methoxy groups -OCH3 is 2. The molecule has 1 heterocycles. The van der Waals surface area contributed by atoms with Crippen LogP contribution in [0.3, 0.4) is 0 Å². The fraction of sp³-hybridized carbons (Fsp3) is 0.583. The van der Waals surface area contributed by atoms with Crippen molar-refractivity contribution in [3.05, 3.63) is 41.1 Å². The van der Waals surface area contributed by atoms with Crippen LogP contribution in [0.5, 0.6) is 0 Å². The molecule has 0 bridgehead atoms. The number of ether oxygens (including phenoxy) is 3. The van der Waals surface area contributed by atoms with E-state index in [1.807, 2.05) is 12.1 Å². The number of anilines is 1. The molecule has 30 heavy (non-hydrogen) atoms. The molecule has 0 aliphatic carbocycles. The van der Waals surface area contributed by atoms with Crippen LogP contribution in [0.15, 0.2) is 35.5 Å². The van der Waals surface area contributed by atoms with E-state index in [2.05, 4.69) is 19.1 Å². The highest BCUT2D eigenvalue weighted by atomic mass is 16.5. The van der Waals surface area contributed by atoms with Gasteiger partial charge in [-0.05, 0) is 30.5 Å². The number of aryl methyl sites for hydroxylation is 1. The fourth-order valence-electron chi connectivity index (χ4n) is 3.65. The third kappa shape index (κ3) is 6.87. The van der Waals surface area contributed by atoms with E-state index in [1.165, 1.54) is 71.1 Å². The van der Waals surface area contributed by atoms with Gasteiger partial charge in [-0.1, -0.05) is 64.0 Å². The molecule has 6 heteroatoms. The summed E-state index contributed by atoms with van der Waals surface area (Å²) in [6.45, 7) is 2.43. The Morgan fingerprint density at radius 3 is 2.10 bits per heavy atom. The lowest BCUT2D eigenvalue weighted by Gasteiger charge is -2.31. The van der Waals surface area contributed by atoms with Crippen molar-refractivity contribution in [1.29, 1.82) is 0 Å². The molecule has 0 unspecified atom stereocenters. The third-order valence-electron chi connectivity index (χ3n) is 5.40. The van der Waals surface area contributed by atoms with E-state index in [4.69, 9.17) is 14.2 Å². The molecular weight excluding hydrogens is 382 g/mol. The number of carbonyl (C=O) groups excluding carboxylic acids is 2. The molecule has 0 spiro atoms. The molecule has 2 rings (SSSR count). The molecule has 166 valence electrons. The summed E-state index contributed by atoms with van der Waals surface area (Å²) in [5, 5.41) is 0. The normalized spacial score (nSPS) is 14.0. The molecule has 0 atom stereocenters. The van der Waals surface area contributed by atoms with Crippen molar-refractivity contribution in [3.63, 3.8) is 0 Å². The van der Waals surface area contributed by atoms with Crippen molar-refractivity contribution in [2.24, 2.45) is 0 Å². The molecule has 0 N–H and O–H groups in total. The maximum Gasteiger partial charge on any atom is 0.355 e. The largest absolute Gasteiger partial charge is 0.466 e. The smallest absolute Gasteiger partial charge is 0.355 e. The monoisotopic (exact) mass is 417 g/mol. The molecule has 0 saturated carbocycles. The number of rotatable bonds is 12. The zero-order valence-electron chi connectivity index (χ0n) is 18.6. The summed E-state index contributed by atoms with van der Waals surface area (Å²) in [5.41, 5.74) is 2.38. The predicted octanol–water partition coefficient (Wildman–Crippen LogP) is 4.76. The minimum Gasteiger partial charge on any atom is -0.466 e. The van der Waals surface area contributed by atoms with Gasteiger partial charge in [0.05, 0.1) is 26.4 Å². The van der Waals surface area contributed by atoms with Gasteiger partial charge in [0.15, 0.2) is 0 Å². The Balaban J connectivity index is 1.95. The van der Waals surface area contributed by atoms with E-state index >= 15 is 0 Å². The first kappa shape index (κ1) is 23.9. The third-order valence-corrected chi connectivity index (χ3v) is 5.40. The number of nitrogens with zero attached hydrogens (tertiary/aromatic N) is 1. The van der Waals surface area contributed by atoms with Crippen LogP contribution in [0.25, 0.3) is 0 Å². The van der Waals surface area contributed by atoms with Gasteiger partial charge < -0.3 is 19.1 Å². The van der Waals surface area contributed by atoms with Crippen molar-refractivity contribution in [3.8, 4) is 0 Å². The maximum absolute atomic E-state index is 12.3. The Morgan fingerprint density at radius 2 is 1.50 bits per heavy atom. The minimum atomic E-state index is -0.591. The van der Waals surface area contributed by atoms with Crippen LogP contribution in [-0.4, -0.2) is 39.5 Å². The second-order valence-corrected chi connectivity index (χ2v) is 7.61. The summed E-state index contributed by atoms with van der Waals surface area (Å²) < 4.78 is 15.2. The first-order valence-corrected chi connectivity index (χ1v) is 11.0. The standard InChI is InChI=1S/C24H35NO5/c1-4-5-6-7-8-9-10-11-12-19-13-15-20(16-14-19)25-18-30-17-21(23(26)28-2)22(25)24(27)29-3/h13-16H,4-12,17-18H2,1-3H3. The zero-order valence-corrected chi connectivity index (χ0v) is 18.6. The lowest BCUT2D eigenvalue weighted by atomic mass is 10.0. The van der Waals surface area contributed by atoms with Crippen molar-refractivity contribution < 1.29 is 23.8 Å². The van der Waals surface area contributed by atoms with Crippen LogP contribution >= 0.6 is 0 Å². The highest BCUT2D eigenvalue weighted by Crippen LogP contribution is 2.27. The van der Waals surface area contributed by atoms with Crippen LogP contribution in [0.1, 0.15) is 63.9 Å². The Labute approximate surface area is 180 Å². The summed E-state index contributed by atoms with van der Waals surface area (Å²) in [6.07, 6.45) is 11.5. The minimum absolute atomic E-state index is 0.0180. The van der Waals surface area contributed by atoms with E-state index < -0.39 is 11.9 Å². The van der Waals surface area contributed by atoms with E-state index in [0.29, 0.717) is 0 Å². The van der Waals surface area contributed by atoms with E-state index in [0.717, 1.165) is 12.1 Å². The molecule has 1 aliphatic heterocycles. The Hall–Kier alpha value is -2.34. The Morgan fingerprint density at radius 1 is 0.900 bits per heavy atom. The zero-order chi connectivity index (χ0) is 21.8. The van der Waals surface area contributed by atoms with Crippen molar-refractivity contribution >= 4 is 17.6 Å². The summed E-state index contributed by atoms with van der Waals surface area (Å²) >= 11 is 0. The Bertz CT molecular complexity index is 711. The van der Waals surface area contributed by atoms with Gasteiger partial charge >= 0.3 is 11.9 Å². The van der Waals surface area contributed by atoms with Gasteiger partial charge in [0.25, 0.3) is 0 Å². The topological polar surface area (TPSA) is 65.1 Å². The number of esters is 2. The lowest BCUT2D eigenvalue weighted by Crippen LogP contribution is -2.38. The van der Waals surface area contributed by atoms with Gasteiger partial charge in [-0.2, -0.15) is 0 Å². The van der Waals surface area contributed by atoms with Crippen molar-refractivity contribution in [1.82, 2.24) is 0 Å². The van der Waals surface area contributed by atoms with Crippen molar-refractivity contribution in [2.45, 2.75) is 64.7 Å². The summed E-state index contributed by atoms with van der Waals surface area (Å²) in [6, 6.07) is 8.04. The number of benzene rings is 1. The van der Waals surface area contributed by atoms with Gasteiger partial charge in [0, 0.05) is 5.69 Å². The lowest BCUT2D eigenvalue weighted by molar-refractivity contribution is -0.140. The van der Waals surface area contributed by atoms with Crippen LogP contribution in [-0.2, 0) is 30.2 Å². The molecular formula is C24H35NO5. The molecule has 6 nitrogen and oxygen atoms in total. The molecule has 1 aliphatic rings. The number of hydrogen-bond acceptors (Lipinski definition) is 6. The maximum atomic E-state index is 12.3. The molecule has 1 aromatic rings. The van der Waals surface area contributed by atoms with Gasteiger partial charge in [-0.3, -0.25) is 0 Å². The molecule has 0 radical (unpaired) electrons. The second-order valence-electron chi connectivity index (χ2n) is 7.61. The fourth-order valence-corrected chi connectivity index (χ4v) is 3.65. The average Bonchev–Trinajstić information content (AvgIpc) is 2.79. The molecule has 0 aromatic heterocycles. The molecule has 0 fully saturated rings.